The van der Waals surface area contributed by atoms with Crippen molar-refractivity contribution in [1.82, 2.24) is 9.97 Å². The first kappa shape index (κ1) is 20.5. The van der Waals surface area contributed by atoms with Crippen molar-refractivity contribution in [2.75, 3.05) is 14.2 Å². The van der Waals surface area contributed by atoms with Crippen LogP contribution < -0.4 is 14.2 Å². The van der Waals surface area contributed by atoms with Crippen molar-refractivity contribution in [2.24, 2.45) is 0 Å². The number of nitrogens with zero attached hydrogens (tertiary/aromatic N) is 2. The normalized spacial score (nSPS) is 11.1. The Morgan fingerprint density at radius 1 is 0.781 bits per heavy atom. The Morgan fingerprint density at radius 3 is 2.25 bits per heavy atom. The number of para-hydroxylation sites is 1. The lowest BCUT2D eigenvalue weighted by Gasteiger charge is -2.12. The highest BCUT2D eigenvalue weighted by Crippen LogP contribution is 2.41. The summed E-state index contributed by atoms with van der Waals surface area (Å²) in [7, 11) is 3.21. The van der Waals surface area contributed by atoms with E-state index in [0.29, 0.717) is 23.1 Å². The molecular formula is C25H19ClN2O3S. The van der Waals surface area contributed by atoms with Crippen LogP contribution >= 0.6 is 22.9 Å². The summed E-state index contributed by atoms with van der Waals surface area (Å²) < 4.78 is 17.8. The molecule has 5 aromatic rings. The van der Waals surface area contributed by atoms with E-state index in [4.69, 9.17) is 30.8 Å². The van der Waals surface area contributed by atoms with E-state index in [1.807, 2.05) is 67.6 Å². The van der Waals surface area contributed by atoms with Crippen LogP contribution in [0.2, 0.25) is 4.34 Å². The summed E-state index contributed by atoms with van der Waals surface area (Å²) >= 11 is 7.83. The second kappa shape index (κ2) is 8.30. The maximum absolute atomic E-state index is 6.34. The number of methoxy groups -OCH3 is 2. The standard InChI is InChI=1S/C25H19ClN2O3S/c1-14-10-22(32-25(14)26)24-21(12-15-6-4-5-7-17(15)28-24)31-23-9-8-16-11-19(29-2)20(30-3)13-18(16)27-23/h4-13H,1-3H3. The minimum atomic E-state index is 0.461. The molecule has 160 valence electrons. The Morgan fingerprint density at radius 2 is 1.50 bits per heavy atom. The molecule has 0 saturated heterocycles. The Kier molecular flexibility index (Phi) is 5.33. The van der Waals surface area contributed by atoms with Gasteiger partial charge in [-0.2, -0.15) is 0 Å². The third-order valence-electron chi connectivity index (χ3n) is 5.16. The van der Waals surface area contributed by atoms with Crippen molar-refractivity contribution in [2.45, 2.75) is 6.92 Å². The summed E-state index contributed by atoms with van der Waals surface area (Å²) in [5.41, 5.74) is 3.38. The van der Waals surface area contributed by atoms with Gasteiger partial charge in [0.25, 0.3) is 0 Å². The van der Waals surface area contributed by atoms with Gasteiger partial charge in [0.2, 0.25) is 5.88 Å². The minimum absolute atomic E-state index is 0.461. The highest BCUT2D eigenvalue weighted by molar-refractivity contribution is 7.19. The van der Waals surface area contributed by atoms with E-state index in [9.17, 15) is 0 Å². The van der Waals surface area contributed by atoms with Crippen molar-refractivity contribution < 1.29 is 14.2 Å². The molecule has 5 nitrogen and oxygen atoms in total. The average molecular weight is 463 g/mol. The zero-order chi connectivity index (χ0) is 22.2. The lowest BCUT2D eigenvalue weighted by Crippen LogP contribution is -1.95. The molecule has 32 heavy (non-hydrogen) atoms. The van der Waals surface area contributed by atoms with Gasteiger partial charge in [-0.05, 0) is 42.8 Å². The zero-order valence-corrected chi connectivity index (χ0v) is 19.3. The van der Waals surface area contributed by atoms with Gasteiger partial charge in [-0.3, -0.25) is 0 Å². The molecule has 0 radical (unpaired) electrons. The molecule has 3 heterocycles. The smallest absolute Gasteiger partial charge is 0.219 e. The number of fused-ring (bicyclic) bond motifs is 2. The first-order chi connectivity index (χ1) is 15.6. The third kappa shape index (κ3) is 3.72. The van der Waals surface area contributed by atoms with Gasteiger partial charge in [-0.15, -0.1) is 11.3 Å². The van der Waals surface area contributed by atoms with Crippen LogP contribution in [0.1, 0.15) is 5.56 Å². The molecule has 0 unspecified atom stereocenters. The predicted molar refractivity (Wildman–Crippen MR) is 130 cm³/mol. The minimum Gasteiger partial charge on any atom is -0.493 e. The Labute approximate surface area is 194 Å². The highest BCUT2D eigenvalue weighted by Gasteiger charge is 2.16. The highest BCUT2D eigenvalue weighted by atomic mass is 35.5. The molecule has 0 amide bonds. The van der Waals surface area contributed by atoms with Crippen LogP contribution in [0.25, 0.3) is 32.4 Å². The van der Waals surface area contributed by atoms with Crippen LogP contribution in [0.15, 0.2) is 60.7 Å². The number of halogens is 1. The molecule has 0 aliphatic rings. The monoisotopic (exact) mass is 462 g/mol. The van der Waals surface area contributed by atoms with E-state index in [-0.39, 0.29) is 0 Å². The summed E-state index contributed by atoms with van der Waals surface area (Å²) in [5, 5.41) is 1.91. The van der Waals surface area contributed by atoms with E-state index in [1.165, 1.54) is 11.3 Å². The quantitative estimate of drug-likeness (QED) is 0.274. The Hall–Kier alpha value is -3.35. The third-order valence-corrected chi connectivity index (χ3v) is 6.72. The fourth-order valence-electron chi connectivity index (χ4n) is 3.53. The van der Waals surface area contributed by atoms with E-state index >= 15 is 0 Å². The van der Waals surface area contributed by atoms with Gasteiger partial charge >= 0.3 is 0 Å². The lowest BCUT2D eigenvalue weighted by atomic mass is 10.1. The molecule has 7 heteroatoms. The van der Waals surface area contributed by atoms with Crippen molar-refractivity contribution in [3.05, 3.63) is 70.6 Å². The fourth-order valence-corrected chi connectivity index (χ4v) is 4.72. The Bertz CT molecular complexity index is 1450. The van der Waals surface area contributed by atoms with Crippen molar-refractivity contribution in [1.29, 1.82) is 0 Å². The predicted octanol–water partition coefficient (Wildman–Crippen LogP) is 7.28. The van der Waals surface area contributed by atoms with Crippen molar-refractivity contribution in [3.8, 4) is 33.7 Å². The van der Waals surface area contributed by atoms with Crippen LogP contribution in [0, 0.1) is 6.92 Å². The molecule has 5 rings (SSSR count). The summed E-state index contributed by atoms with van der Waals surface area (Å²) in [6.45, 7) is 1.98. The van der Waals surface area contributed by atoms with Crippen LogP contribution in [-0.4, -0.2) is 24.2 Å². The number of benzene rings is 2. The molecule has 0 fully saturated rings. The van der Waals surface area contributed by atoms with Gasteiger partial charge in [0.15, 0.2) is 17.2 Å². The molecule has 3 aromatic heterocycles. The van der Waals surface area contributed by atoms with Gasteiger partial charge in [0.1, 0.15) is 5.69 Å². The maximum Gasteiger partial charge on any atom is 0.219 e. The lowest BCUT2D eigenvalue weighted by molar-refractivity contribution is 0.355. The summed E-state index contributed by atoms with van der Waals surface area (Å²) in [6.07, 6.45) is 0. The Balaban J connectivity index is 1.62. The zero-order valence-electron chi connectivity index (χ0n) is 17.7. The van der Waals surface area contributed by atoms with Crippen LogP contribution in [0.4, 0.5) is 0 Å². The average Bonchev–Trinajstić information content (AvgIpc) is 3.15. The summed E-state index contributed by atoms with van der Waals surface area (Å²) in [6, 6.07) is 19.5. The van der Waals surface area contributed by atoms with E-state index in [1.54, 1.807) is 14.2 Å². The van der Waals surface area contributed by atoms with Crippen LogP contribution in [0.5, 0.6) is 23.1 Å². The summed E-state index contributed by atoms with van der Waals surface area (Å²) in [4.78, 5) is 10.5. The van der Waals surface area contributed by atoms with Crippen molar-refractivity contribution in [3.63, 3.8) is 0 Å². The van der Waals surface area contributed by atoms with Gasteiger partial charge in [-0.25, -0.2) is 9.97 Å². The number of rotatable bonds is 5. The van der Waals surface area contributed by atoms with Crippen LogP contribution in [-0.2, 0) is 0 Å². The second-order valence-corrected chi connectivity index (χ2v) is 8.90. The van der Waals surface area contributed by atoms with Gasteiger partial charge < -0.3 is 14.2 Å². The van der Waals surface area contributed by atoms with Gasteiger partial charge in [-0.1, -0.05) is 29.8 Å². The molecule has 0 atom stereocenters. The maximum atomic E-state index is 6.34. The van der Waals surface area contributed by atoms with Crippen molar-refractivity contribution >= 4 is 44.7 Å². The number of aromatic nitrogens is 2. The molecule has 0 saturated carbocycles. The molecule has 0 N–H and O–H groups in total. The second-order valence-electron chi connectivity index (χ2n) is 7.25. The molecular weight excluding hydrogens is 444 g/mol. The molecule has 0 spiro atoms. The largest absolute Gasteiger partial charge is 0.493 e. The number of hydrogen-bond acceptors (Lipinski definition) is 6. The number of thiophene rings is 1. The van der Waals surface area contributed by atoms with Gasteiger partial charge in [0.05, 0.1) is 34.5 Å². The van der Waals surface area contributed by atoms with Crippen LogP contribution in [0.3, 0.4) is 0 Å². The molecule has 0 aliphatic carbocycles. The summed E-state index contributed by atoms with van der Waals surface area (Å²) in [5.74, 6) is 2.35. The van der Waals surface area contributed by atoms with Gasteiger partial charge in [0, 0.05) is 22.9 Å². The SMILES string of the molecule is COc1cc2ccc(Oc3cc4ccccc4nc3-c3cc(C)c(Cl)s3)nc2cc1OC. The topological polar surface area (TPSA) is 53.5 Å². The fraction of sp³-hybridized carbons (Fsp3) is 0.120. The number of pyridine rings is 2. The van der Waals surface area contributed by atoms with E-state index < -0.39 is 0 Å². The van der Waals surface area contributed by atoms with E-state index in [0.717, 1.165) is 42.3 Å². The van der Waals surface area contributed by atoms with E-state index in [2.05, 4.69) is 4.98 Å². The molecule has 2 aromatic carbocycles. The number of aryl methyl sites for hydroxylation is 1. The number of hydrogen-bond donors (Lipinski definition) is 0. The molecule has 0 aliphatic heterocycles. The first-order valence-electron chi connectivity index (χ1n) is 9.92. The number of ether oxygens (including phenoxy) is 3. The molecule has 0 bridgehead atoms. The first-order valence-corrected chi connectivity index (χ1v) is 11.1.